The summed E-state index contributed by atoms with van der Waals surface area (Å²) in [6.07, 6.45) is 1.45. The lowest BCUT2D eigenvalue weighted by Crippen LogP contribution is -2.39. The maximum Gasteiger partial charge on any atom is 0.328 e. The summed E-state index contributed by atoms with van der Waals surface area (Å²) in [6, 6.07) is 13.1. The van der Waals surface area contributed by atoms with Gasteiger partial charge in [0, 0.05) is 27.7 Å². The average molecular weight is 431 g/mol. The van der Waals surface area contributed by atoms with Gasteiger partial charge in [0.15, 0.2) is 0 Å². The lowest BCUT2D eigenvalue weighted by molar-refractivity contribution is -0.136. The topological polar surface area (TPSA) is 92.2 Å². The van der Waals surface area contributed by atoms with E-state index in [2.05, 4.69) is 22.6 Å². The van der Waals surface area contributed by atoms with Gasteiger partial charge in [-0.3, -0.25) is 19.8 Å². The molecule has 0 aliphatic heterocycles. The quantitative estimate of drug-likeness (QED) is 0.426. The van der Waals surface area contributed by atoms with Gasteiger partial charge in [-0.2, -0.15) is 0 Å². The molecule has 1 aromatic heterocycles. The van der Waals surface area contributed by atoms with Crippen molar-refractivity contribution in [1.29, 1.82) is 0 Å². The minimum Gasteiger partial charge on any atom is -0.344 e. The van der Waals surface area contributed by atoms with Crippen molar-refractivity contribution in [2.45, 2.75) is 0 Å². The van der Waals surface area contributed by atoms with Crippen LogP contribution in [0, 0.1) is 0 Å². The van der Waals surface area contributed by atoms with Gasteiger partial charge in [0.1, 0.15) is 5.69 Å². The first-order chi connectivity index (χ1) is 13.9. The second-order valence-electron chi connectivity index (χ2n) is 5.97. The van der Waals surface area contributed by atoms with Crippen molar-refractivity contribution in [2.24, 2.45) is 0 Å². The zero-order valence-corrected chi connectivity index (χ0v) is 16.6. The molecule has 7 nitrogen and oxygen atoms in total. The predicted molar refractivity (Wildman–Crippen MR) is 114 cm³/mol. The summed E-state index contributed by atoms with van der Waals surface area (Å²) in [7, 11) is 0. The number of aromatic nitrogens is 1. The number of carbonyl (C=O) groups is 3. The summed E-state index contributed by atoms with van der Waals surface area (Å²) in [4.78, 5) is 37.0. The smallest absolute Gasteiger partial charge is 0.328 e. The van der Waals surface area contributed by atoms with Gasteiger partial charge in [0.2, 0.25) is 0 Å². The van der Waals surface area contributed by atoms with Crippen LogP contribution in [0.25, 0.3) is 10.9 Å². The van der Waals surface area contributed by atoms with Crippen LogP contribution in [-0.4, -0.2) is 28.9 Å². The van der Waals surface area contributed by atoms with Crippen LogP contribution in [0.2, 0.25) is 10.0 Å². The van der Waals surface area contributed by atoms with E-state index in [0.29, 0.717) is 26.6 Å². The molecule has 1 heterocycles. The molecular weight excluding hydrogens is 415 g/mol. The van der Waals surface area contributed by atoms with Crippen LogP contribution in [-0.2, 0) is 9.59 Å². The Hall–Kier alpha value is -3.29. The molecule has 0 aliphatic rings. The molecule has 3 aromatic rings. The van der Waals surface area contributed by atoms with Gasteiger partial charge in [0.25, 0.3) is 5.91 Å². The summed E-state index contributed by atoms with van der Waals surface area (Å²) >= 11 is 12.0. The normalized spacial score (nSPS) is 10.4. The van der Waals surface area contributed by atoms with Crippen LogP contribution in [0.1, 0.15) is 10.5 Å². The standard InChI is InChI=1S/C20H16Cl2N4O3/c1-2-8-23-19(28)20(29)25-26-16-7-6-14(22)9-12(16)10-17(26)18(27)24-15-5-3-4-13(21)11-15/h2-7,9-11H,1,8H2,(H,23,28)(H,24,27)(H,25,29). The van der Waals surface area contributed by atoms with Crippen LogP contribution >= 0.6 is 23.2 Å². The van der Waals surface area contributed by atoms with Crippen molar-refractivity contribution < 1.29 is 14.4 Å². The molecule has 3 rings (SSSR count). The van der Waals surface area contributed by atoms with Crippen molar-refractivity contribution in [1.82, 2.24) is 9.99 Å². The Labute approximate surface area is 176 Å². The zero-order valence-electron chi connectivity index (χ0n) is 15.0. The SMILES string of the molecule is C=CCNC(=O)C(=O)Nn1c(C(=O)Nc2cccc(Cl)c2)cc2cc(Cl)ccc21. The molecule has 0 fully saturated rings. The van der Waals surface area contributed by atoms with E-state index in [9.17, 15) is 14.4 Å². The molecule has 0 spiro atoms. The number of carbonyl (C=O) groups excluding carboxylic acids is 3. The molecule has 0 unspecified atom stereocenters. The van der Waals surface area contributed by atoms with Crippen LogP contribution in [0.5, 0.6) is 0 Å². The summed E-state index contributed by atoms with van der Waals surface area (Å²) < 4.78 is 1.24. The first kappa shape index (κ1) is 20.4. The monoisotopic (exact) mass is 430 g/mol. The van der Waals surface area contributed by atoms with E-state index in [1.165, 1.54) is 10.8 Å². The van der Waals surface area contributed by atoms with Gasteiger partial charge < -0.3 is 10.6 Å². The van der Waals surface area contributed by atoms with Crippen molar-refractivity contribution in [3.8, 4) is 0 Å². The Kier molecular flexibility index (Phi) is 6.21. The maximum absolute atomic E-state index is 12.9. The molecule has 9 heteroatoms. The van der Waals surface area contributed by atoms with Crippen molar-refractivity contribution in [3.63, 3.8) is 0 Å². The van der Waals surface area contributed by atoms with E-state index in [0.717, 1.165) is 0 Å². The first-order valence-corrected chi connectivity index (χ1v) is 9.22. The van der Waals surface area contributed by atoms with Gasteiger partial charge >= 0.3 is 11.8 Å². The van der Waals surface area contributed by atoms with Crippen molar-refractivity contribution >= 4 is 57.5 Å². The molecule has 0 atom stereocenters. The van der Waals surface area contributed by atoms with Crippen molar-refractivity contribution in [2.75, 3.05) is 17.3 Å². The lowest BCUT2D eigenvalue weighted by Gasteiger charge is -2.12. The highest BCUT2D eigenvalue weighted by atomic mass is 35.5. The molecule has 148 valence electrons. The number of anilines is 1. The number of rotatable bonds is 5. The van der Waals surface area contributed by atoms with Crippen LogP contribution < -0.4 is 16.1 Å². The Morgan fingerprint density at radius 2 is 1.76 bits per heavy atom. The maximum atomic E-state index is 12.9. The lowest BCUT2D eigenvalue weighted by atomic mass is 10.2. The van der Waals surface area contributed by atoms with Crippen LogP contribution in [0.3, 0.4) is 0 Å². The summed E-state index contributed by atoms with van der Waals surface area (Å²) in [5.41, 5.74) is 3.52. The number of benzene rings is 2. The van der Waals surface area contributed by atoms with Gasteiger partial charge in [-0.25, -0.2) is 4.68 Å². The second-order valence-corrected chi connectivity index (χ2v) is 6.85. The van der Waals surface area contributed by atoms with Crippen molar-refractivity contribution in [3.05, 3.63) is 76.9 Å². The number of nitrogens with one attached hydrogen (secondary N) is 3. The number of hydrogen-bond acceptors (Lipinski definition) is 3. The number of amides is 3. The number of halogens is 2. The molecule has 0 aliphatic carbocycles. The van der Waals surface area contributed by atoms with E-state index in [4.69, 9.17) is 23.2 Å². The Bertz CT molecular complexity index is 1120. The first-order valence-electron chi connectivity index (χ1n) is 8.47. The number of nitrogens with zero attached hydrogens (tertiary/aromatic N) is 1. The summed E-state index contributed by atoms with van der Waals surface area (Å²) in [6.45, 7) is 3.61. The highest BCUT2D eigenvalue weighted by Gasteiger charge is 2.20. The molecule has 3 N–H and O–H groups in total. The fourth-order valence-electron chi connectivity index (χ4n) is 2.63. The second kappa shape index (κ2) is 8.81. The van der Waals surface area contributed by atoms with E-state index in [-0.39, 0.29) is 12.2 Å². The minimum atomic E-state index is -0.934. The Morgan fingerprint density at radius 3 is 2.48 bits per heavy atom. The fraction of sp³-hybridized carbons (Fsp3) is 0.0500. The van der Waals surface area contributed by atoms with Crippen LogP contribution in [0.15, 0.2) is 61.2 Å². The highest BCUT2D eigenvalue weighted by molar-refractivity contribution is 6.38. The van der Waals surface area contributed by atoms with Crippen LogP contribution in [0.4, 0.5) is 5.69 Å². The summed E-state index contributed by atoms with van der Waals surface area (Å²) in [5.74, 6) is -2.30. The third kappa shape index (κ3) is 4.77. The van der Waals surface area contributed by atoms with Gasteiger partial charge in [-0.15, -0.1) is 6.58 Å². The number of fused-ring (bicyclic) bond motifs is 1. The van der Waals surface area contributed by atoms with E-state index in [1.807, 2.05) is 0 Å². The van der Waals surface area contributed by atoms with E-state index in [1.54, 1.807) is 48.5 Å². The Balaban J connectivity index is 1.96. The average Bonchev–Trinajstić information content (AvgIpc) is 3.03. The zero-order chi connectivity index (χ0) is 21.0. The van der Waals surface area contributed by atoms with E-state index < -0.39 is 17.7 Å². The largest absolute Gasteiger partial charge is 0.344 e. The molecule has 0 saturated carbocycles. The molecule has 0 bridgehead atoms. The minimum absolute atomic E-state index is 0.104. The molecule has 0 radical (unpaired) electrons. The fourth-order valence-corrected chi connectivity index (χ4v) is 3.00. The molecular formula is C20H16Cl2N4O3. The molecule has 0 saturated heterocycles. The molecule has 3 amide bonds. The molecule has 2 aromatic carbocycles. The third-order valence-electron chi connectivity index (χ3n) is 3.91. The Morgan fingerprint density at radius 1 is 1.00 bits per heavy atom. The van der Waals surface area contributed by atoms with Gasteiger partial charge in [-0.1, -0.05) is 35.3 Å². The predicted octanol–water partition coefficient (Wildman–Crippen LogP) is 3.57. The summed E-state index contributed by atoms with van der Waals surface area (Å²) in [5, 5.41) is 6.62. The third-order valence-corrected chi connectivity index (χ3v) is 4.38. The molecule has 29 heavy (non-hydrogen) atoms. The van der Waals surface area contributed by atoms with Gasteiger partial charge in [0.05, 0.1) is 5.52 Å². The highest BCUT2D eigenvalue weighted by Crippen LogP contribution is 2.24. The van der Waals surface area contributed by atoms with Gasteiger partial charge in [-0.05, 0) is 42.5 Å². The van der Waals surface area contributed by atoms with E-state index >= 15 is 0 Å². The number of hydrogen-bond donors (Lipinski definition) is 3.